The van der Waals surface area contributed by atoms with Crippen LogP contribution < -0.4 is 0 Å². The van der Waals surface area contributed by atoms with Gasteiger partial charge in [-0.1, -0.05) is 6.08 Å². The SMILES string of the molecule is C=CCC(B1OC(C)(C)C(C)(C)O1)B1OC(C)(C)C(C)(C)O1. The van der Waals surface area contributed by atoms with Gasteiger partial charge in [-0.15, -0.1) is 6.58 Å². The minimum Gasteiger partial charge on any atom is -0.403 e. The summed E-state index contributed by atoms with van der Waals surface area (Å²) >= 11 is 0. The van der Waals surface area contributed by atoms with Gasteiger partial charge in [-0.25, -0.2) is 0 Å². The molecule has 0 saturated carbocycles. The second-order valence-corrected chi connectivity index (χ2v) is 8.44. The fourth-order valence-electron chi connectivity index (χ4n) is 2.67. The van der Waals surface area contributed by atoms with Crippen molar-refractivity contribution in [3.63, 3.8) is 0 Å². The first kappa shape index (κ1) is 18.1. The van der Waals surface area contributed by atoms with Gasteiger partial charge in [-0.05, 0) is 61.8 Å². The van der Waals surface area contributed by atoms with Crippen molar-refractivity contribution in [3.05, 3.63) is 12.7 Å². The van der Waals surface area contributed by atoms with Gasteiger partial charge in [0, 0.05) is 5.72 Å². The zero-order chi connectivity index (χ0) is 17.0. The number of hydrogen-bond acceptors (Lipinski definition) is 4. The van der Waals surface area contributed by atoms with E-state index < -0.39 is 0 Å². The lowest BCUT2D eigenvalue weighted by Crippen LogP contribution is -2.41. The molecule has 2 aliphatic rings. The Bertz CT molecular complexity index is 377. The van der Waals surface area contributed by atoms with Crippen LogP contribution in [0.5, 0.6) is 0 Å². The average molecular weight is 308 g/mol. The van der Waals surface area contributed by atoms with Crippen molar-refractivity contribution in [2.75, 3.05) is 0 Å². The highest BCUT2D eigenvalue weighted by Gasteiger charge is 2.61. The van der Waals surface area contributed by atoms with Crippen LogP contribution in [0.2, 0.25) is 5.72 Å². The molecule has 0 atom stereocenters. The van der Waals surface area contributed by atoms with E-state index in [2.05, 4.69) is 62.0 Å². The van der Waals surface area contributed by atoms with Crippen molar-refractivity contribution in [2.45, 2.75) is 89.9 Å². The molecule has 0 aromatic carbocycles. The van der Waals surface area contributed by atoms with E-state index in [1.54, 1.807) is 0 Å². The van der Waals surface area contributed by atoms with E-state index in [9.17, 15) is 0 Å². The maximum Gasteiger partial charge on any atom is 0.459 e. The van der Waals surface area contributed by atoms with Crippen molar-refractivity contribution < 1.29 is 18.6 Å². The molecule has 4 nitrogen and oxygen atoms in total. The Hall–Kier alpha value is -0.290. The fourth-order valence-corrected chi connectivity index (χ4v) is 2.67. The monoisotopic (exact) mass is 308 g/mol. The van der Waals surface area contributed by atoms with Gasteiger partial charge >= 0.3 is 14.2 Å². The number of rotatable bonds is 4. The fraction of sp³-hybridized carbons (Fsp3) is 0.875. The molecule has 124 valence electrons. The van der Waals surface area contributed by atoms with E-state index in [1.807, 2.05) is 6.08 Å². The van der Waals surface area contributed by atoms with Crippen molar-refractivity contribution >= 4 is 14.2 Å². The molecule has 0 spiro atoms. The van der Waals surface area contributed by atoms with Gasteiger partial charge in [0.1, 0.15) is 0 Å². The first-order valence-corrected chi connectivity index (χ1v) is 8.15. The van der Waals surface area contributed by atoms with Crippen LogP contribution in [0, 0.1) is 0 Å². The molecule has 2 rings (SSSR count). The van der Waals surface area contributed by atoms with E-state index in [0.717, 1.165) is 0 Å². The van der Waals surface area contributed by atoms with E-state index in [4.69, 9.17) is 18.6 Å². The van der Waals surface area contributed by atoms with Crippen molar-refractivity contribution in [1.82, 2.24) is 0 Å². The number of hydrogen-bond donors (Lipinski definition) is 0. The van der Waals surface area contributed by atoms with Crippen LogP contribution >= 0.6 is 0 Å². The molecule has 0 unspecified atom stereocenters. The van der Waals surface area contributed by atoms with Crippen LogP contribution in [0.4, 0.5) is 0 Å². The smallest absolute Gasteiger partial charge is 0.403 e. The summed E-state index contributed by atoms with van der Waals surface area (Å²) in [5.41, 5.74) is -1.48. The first-order chi connectivity index (χ1) is 9.83. The van der Waals surface area contributed by atoms with Gasteiger partial charge in [-0.3, -0.25) is 0 Å². The quantitative estimate of drug-likeness (QED) is 0.587. The molecular formula is C16H30B2O4. The zero-order valence-electron chi connectivity index (χ0n) is 15.4. The minimum absolute atomic E-state index is 0.0420. The molecule has 0 aliphatic carbocycles. The summed E-state index contributed by atoms with van der Waals surface area (Å²) < 4.78 is 24.8. The number of allylic oxidation sites excluding steroid dienone is 1. The third-order valence-corrected chi connectivity index (χ3v) is 5.68. The van der Waals surface area contributed by atoms with Crippen LogP contribution in [-0.4, -0.2) is 36.6 Å². The lowest BCUT2D eigenvalue weighted by Gasteiger charge is -2.32. The highest BCUT2D eigenvalue weighted by molar-refractivity contribution is 6.68. The van der Waals surface area contributed by atoms with Crippen LogP contribution in [0.15, 0.2) is 12.7 Å². The van der Waals surface area contributed by atoms with Crippen LogP contribution in [0.1, 0.15) is 61.8 Å². The molecular weight excluding hydrogens is 278 g/mol. The lowest BCUT2D eigenvalue weighted by molar-refractivity contribution is 0.00578. The predicted octanol–water partition coefficient (Wildman–Crippen LogP) is 3.66. The molecule has 2 saturated heterocycles. The molecule has 0 amide bonds. The molecule has 0 N–H and O–H groups in total. The maximum absolute atomic E-state index is 6.20. The van der Waals surface area contributed by atoms with Crippen LogP contribution in [0.3, 0.4) is 0 Å². The average Bonchev–Trinajstić information content (AvgIpc) is 2.65. The highest BCUT2D eigenvalue weighted by atomic mass is 16.7. The molecule has 0 aromatic rings. The van der Waals surface area contributed by atoms with E-state index >= 15 is 0 Å². The predicted molar refractivity (Wildman–Crippen MR) is 90.7 cm³/mol. The Balaban J connectivity index is 2.21. The van der Waals surface area contributed by atoms with Crippen LogP contribution in [0.25, 0.3) is 0 Å². The zero-order valence-corrected chi connectivity index (χ0v) is 15.4. The van der Waals surface area contributed by atoms with E-state index in [-0.39, 0.29) is 42.4 Å². The first-order valence-electron chi connectivity index (χ1n) is 8.15. The Labute approximate surface area is 136 Å². The molecule has 2 heterocycles. The highest BCUT2D eigenvalue weighted by Crippen LogP contribution is 2.46. The molecule has 2 aliphatic heterocycles. The second-order valence-electron chi connectivity index (χ2n) is 8.44. The second kappa shape index (κ2) is 5.37. The standard InChI is InChI=1S/C16H30B2O4/c1-10-11-12(17-19-13(2,3)14(4,5)20-17)18-21-15(6,7)16(8,9)22-18/h10,12H,1,11H2,2-9H3. The summed E-state index contributed by atoms with van der Waals surface area (Å²) in [7, 11) is -0.726. The van der Waals surface area contributed by atoms with Gasteiger partial charge in [0.15, 0.2) is 0 Å². The van der Waals surface area contributed by atoms with Gasteiger partial charge in [-0.2, -0.15) is 0 Å². The van der Waals surface area contributed by atoms with Crippen molar-refractivity contribution in [3.8, 4) is 0 Å². The van der Waals surface area contributed by atoms with E-state index in [0.29, 0.717) is 6.42 Å². The van der Waals surface area contributed by atoms with Crippen molar-refractivity contribution in [2.24, 2.45) is 0 Å². The molecule has 6 heteroatoms. The summed E-state index contributed by atoms with van der Waals surface area (Å²) in [6, 6.07) is 0. The Kier molecular flexibility index (Phi) is 4.41. The molecule has 0 radical (unpaired) electrons. The Morgan fingerprint density at radius 2 is 1.00 bits per heavy atom. The third-order valence-electron chi connectivity index (χ3n) is 5.68. The van der Waals surface area contributed by atoms with Gasteiger partial charge in [0.25, 0.3) is 0 Å². The molecule has 22 heavy (non-hydrogen) atoms. The van der Waals surface area contributed by atoms with Crippen LogP contribution in [-0.2, 0) is 18.6 Å². The summed E-state index contributed by atoms with van der Waals surface area (Å²) in [4.78, 5) is 0. The third kappa shape index (κ3) is 2.91. The minimum atomic E-state index is -0.363. The van der Waals surface area contributed by atoms with Gasteiger partial charge in [0.05, 0.1) is 22.4 Å². The normalized spacial score (nSPS) is 28.4. The summed E-state index contributed by atoms with van der Waals surface area (Å²) in [6.07, 6.45) is 2.59. The molecule has 2 fully saturated rings. The topological polar surface area (TPSA) is 36.9 Å². The largest absolute Gasteiger partial charge is 0.459 e. The lowest BCUT2D eigenvalue weighted by atomic mass is 9.50. The summed E-state index contributed by atoms with van der Waals surface area (Å²) in [5, 5.41) is 0. The summed E-state index contributed by atoms with van der Waals surface area (Å²) in [6.45, 7) is 20.3. The van der Waals surface area contributed by atoms with Gasteiger partial charge in [0.2, 0.25) is 0 Å². The Morgan fingerprint density at radius 3 is 1.23 bits per heavy atom. The Morgan fingerprint density at radius 1 is 0.727 bits per heavy atom. The maximum atomic E-state index is 6.20. The molecule has 0 aromatic heterocycles. The molecule has 0 bridgehead atoms. The van der Waals surface area contributed by atoms with Crippen molar-refractivity contribution in [1.29, 1.82) is 0 Å². The van der Waals surface area contributed by atoms with E-state index in [1.165, 1.54) is 0 Å². The summed E-state index contributed by atoms with van der Waals surface area (Å²) in [5.74, 6) is 0. The van der Waals surface area contributed by atoms with Gasteiger partial charge < -0.3 is 18.6 Å².